The molecule has 2 aliphatic carbocycles. The third kappa shape index (κ3) is 5.68. The Hall–Kier alpha value is -2.12. The smallest absolute Gasteiger partial charge is 0.317 e. The van der Waals surface area contributed by atoms with Crippen LogP contribution in [0.1, 0.15) is 77.2 Å². The molecule has 37 heavy (non-hydrogen) atoms. The molecule has 1 spiro atoms. The maximum Gasteiger partial charge on any atom is 0.317 e. The molecule has 1 atom stereocenters. The number of hydrogen-bond donors (Lipinski definition) is 2. The molecule has 7 nitrogen and oxygen atoms in total. The first-order chi connectivity index (χ1) is 17.7. The molecule has 2 heterocycles. The molecule has 204 valence electrons. The maximum absolute atomic E-state index is 13.3. The molecule has 2 saturated carbocycles. The van der Waals surface area contributed by atoms with Crippen molar-refractivity contribution in [2.75, 3.05) is 39.3 Å². The van der Waals surface area contributed by atoms with E-state index in [0.717, 1.165) is 37.8 Å². The SMILES string of the molecule is CC1(C)CCC(N2CCN(CC3(O)CCN(C(=O)NCc4ccccc4)CC34CCCC4)C(=O)C2)CC1. The number of amides is 3. The molecule has 7 heteroatoms. The van der Waals surface area contributed by atoms with Crippen LogP contribution in [0.15, 0.2) is 30.3 Å². The van der Waals surface area contributed by atoms with Gasteiger partial charge in [-0.1, -0.05) is 57.0 Å². The van der Waals surface area contributed by atoms with E-state index in [0.29, 0.717) is 57.1 Å². The van der Waals surface area contributed by atoms with Crippen LogP contribution in [-0.2, 0) is 11.3 Å². The number of urea groups is 1. The summed E-state index contributed by atoms with van der Waals surface area (Å²) in [6.07, 6.45) is 9.30. The first-order valence-corrected chi connectivity index (χ1v) is 14.5. The van der Waals surface area contributed by atoms with Crippen molar-refractivity contribution < 1.29 is 14.7 Å². The lowest BCUT2D eigenvalue weighted by Crippen LogP contribution is -2.66. The third-order valence-corrected chi connectivity index (χ3v) is 10.0. The third-order valence-electron chi connectivity index (χ3n) is 10.0. The van der Waals surface area contributed by atoms with E-state index in [1.54, 1.807) is 0 Å². The molecule has 4 aliphatic rings. The Balaban J connectivity index is 1.19. The quantitative estimate of drug-likeness (QED) is 0.628. The zero-order chi connectivity index (χ0) is 26.1. The van der Waals surface area contributed by atoms with Crippen molar-refractivity contribution in [3.05, 3.63) is 35.9 Å². The van der Waals surface area contributed by atoms with Gasteiger partial charge in [0, 0.05) is 44.2 Å². The number of carbonyl (C=O) groups excluding carboxylic acids is 2. The van der Waals surface area contributed by atoms with Crippen molar-refractivity contribution in [2.45, 2.75) is 89.8 Å². The topological polar surface area (TPSA) is 76.1 Å². The van der Waals surface area contributed by atoms with Gasteiger partial charge in [0.05, 0.1) is 18.7 Å². The molecule has 1 unspecified atom stereocenters. The minimum absolute atomic E-state index is 0.0578. The van der Waals surface area contributed by atoms with E-state index in [1.807, 2.05) is 40.1 Å². The molecule has 4 fully saturated rings. The predicted molar refractivity (Wildman–Crippen MR) is 145 cm³/mol. The Bertz CT molecular complexity index is 951. The van der Waals surface area contributed by atoms with Crippen LogP contribution in [0.25, 0.3) is 0 Å². The van der Waals surface area contributed by atoms with Gasteiger partial charge in [0.25, 0.3) is 0 Å². The standard InChI is InChI=1S/C30H46N4O3/c1-28(2)14-10-25(11-15-28)32-18-19-33(26(35)21-32)23-30(37)16-17-34(22-29(30)12-6-7-13-29)27(36)31-20-24-8-4-3-5-9-24/h3-5,8-9,25,37H,6-7,10-23H2,1-2H3,(H,31,36). The normalized spacial score (nSPS) is 28.6. The number of piperazine rings is 1. The van der Waals surface area contributed by atoms with Gasteiger partial charge >= 0.3 is 6.03 Å². The van der Waals surface area contributed by atoms with Gasteiger partial charge in [0.2, 0.25) is 5.91 Å². The Morgan fingerprint density at radius 2 is 1.70 bits per heavy atom. The summed E-state index contributed by atoms with van der Waals surface area (Å²) in [4.78, 5) is 32.6. The molecule has 0 bridgehead atoms. The summed E-state index contributed by atoms with van der Waals surface area (Å²) in [7, 11) is 0. The number of aliphatic hydroxyl groups is 1. The lowest BCUT2D eigenvalue weighted by atomic mass is 9.65. The number of benzene rings is 1. The summed E-state index contributed by atoms with van der Waals surface area (Å²) >= 11 is 0. The number of piperidine rings is 1. The van der Waals surface area contributed by atoms with E-state index in [4.69, 9.17) is 0 Å². The average molecular weight is 511 g/mol. The van der Waals surface area contributed by atoms with Crippen LogP contribution in [-0.4, -0.2) is 82.7 Å². The van der Waals surface area contributed by atoms with Gasteiger partial charge in [-0.2, -0.15) is 0 Å². The molecular formula is C30H46N4O3. The summed E-state index contributed by atoms with van der Waals surface area (Å²) in [6.45, 7) is 8.76. The van der Waals surface area contributed by atoms with Crippen LogP contribution in [0.4, 0.5) is 4.79 Å². The highest BCUT2D eigenvalue weighted by Crippen LogP contribution is 2.51. The first-order valence-electron chi connectivity index (χ1n) is 14.5. The highest BCUT2D eigenvalue weighted by molar-refractivity contribution is 5.79. The minimum Gasteiger partial charge on any atom is -0.387 e. The van der Waals surface area contributed by atoms with Gasteiger partial charge in [0.15, 0.2) is 0 Å². The van der Waals surface area contributed by atoms with E-state index >= 15 is 0 Å². The van der Waals surface area contributed by atoms with Gasteiger partial charge in [-0.05, 0) is 55.9 Å². The minimum atomic E-state index is -0.938. The van der Waals surface area contributed by atoms with E-state index in [2.05, 4.69) is 24.1 Å². The highest BCUT2D eigenvalue weighted by Gasteiger charge is 2.56. The van der Waals surface area contributed by atoms with Crippen molar-refractivity contribution in [2.24, 2.45) is 10.8 Å². The molecule has 3 amide bonds. The molecule has 1 aromatic carbocycles. The van der Waals surface area contributed by atoms with Crippen LogP contribution in [0.2, 0.25) is 0 Å². The van der Waals surface area contributed by atoms with Gasteiger partial charge in [-0.3, -0.25) is 9.69 Å². The summed E-state index contributed by atoms with van der Waals surface area (Å²) in [5.41, 5.74) is 0.234. The van der Waals surface area contributed by atoms with Crippen molar-refractivity contribution in [3.8, 4) is 0 Å². The zero-order valence-corrected chi connectivity index (χ0v) is 22.9. The molecular weight excluding hydrogens is 464 g/mol. The fourth-order valence-electron chi connectivity index (χ4n) is 7.43. The van der Waals surface area contributed by atoms with E-state index in [1.165, 1.54) is 25.7 Å². The van der Waals surface area contributed by atoms with Crippen LogP contribution in [0, 0.1) is 10.8 Å². The summed E-state index contributed by atoms with van der Waals surface area (Å²) in [5, 5.41) is 15.2. The number of nitrogens with one attached hydrogen (secondary N) is 1. The van der Waals surface area contributed by atoms with Crippen LogP contribution in [0.5, 0.6) is 0 Å². The number of nitrogens with zero attached hydrogens (tertiary/aromatic N) is 3. The first kappa shape index (κ1) is 26.5. The average Bonchev–Trinajstić information content (AvgIpc) is 3.36. The molecule has 0 radical (unpaired) electrons. The Labute approximate surface area is 222 Å². The van der Waals surface area contributed by atoms with E-state index in [9.17, 15) is 14.7 Å². The lowest BCUT2D eigenvalue weighted by Gasteiger charge is -2.54. The number of β-amino-alcohol motifs (C(OH)–C–C–N with tert-alkyl or cyclic N) is 1. The number of carbonyl (C=O) groups is 2. The highest BCUT2D eigenvalue weighted by atomic mass is 16.3. The largest absolute Gasteiger partial charge is 0.387 e. The number of hydrogen-bond acceptors (Lipinski definition) is 4. The Kier molecular flexibility index (Phi) is 7.56. The Morgan fingerprint density at radius 3 is 2.38 bits per heavy atom. The van der Waals surface area contributed by atoms with Crippen LogP contribution >= 0.6 is 0 Å². The fraction of sp³-hybridized carbons (Fsp3) is 0.733. The molecule has 2 saturated heterocycles. The fourth-order valence-corrected chi connectivity index (χ4v) is 7.43. The molecule has 0 aromatic heterocycles. The van der Waals surface area contributed by atoms with Gasteiger partial charge < -0.3 is 20.2 Å². The lowest BCUT2D eigenvalue weighted by molar-refractivity contribution is -0.160. The molecule has 1 aromatic rings. The van der Waals surface area contributed by atoms with Gasteiger partial charge in [0.1, 0.15) is 0 Å². The second-order valence-corrected chi connectivity index (χ2v) is 13.0. The zero-order valence-electron chi connectivity index (χ0n) is 22.9. The summed E-state index contributed by atoms with van der Waals surface area (Å²) in [6, 6.07) is 10.4. The molecule has 2 aliphatic heterocycles. The predicted octanol–water partition coefficient (Wildman–Crippen LogP) is 4.01. The molecule has 5 rings (SSSR count). The van der Waals surface area contributed by atoms with E-state index in [-0.39, 0.29) is 17.4 Å². The van der Waals surface area contributed by atoms with Gasteiger partial charge in [-0.15, -0.1) is 0 Å². The number of rotatable bonds is 5. The van der Waals surface area contributed by atoms with Crippen molar-refractivity contribution in [1.82, 2.24) is 20.0 Å². The van der Waals surface area contributed by atoms with Crippen LogP contribution < -0.4 is 5.32 Å². The summed E-state index contributed by atoms with van der Waals surface area (Å²) < 4.78 is 0. The molecule has 2 N–H and O–H groups in total. The monoisotopic (exact) mass is 510 g/mol. The second kappa shape index (κ2) is 10.6. The Morgan fingerprint density at radius 1 is 1.00 bits per heavy atom. The second-order valence-electron chi connectivity index (χ2n) is 13.0. The van der Waals surface area contributed by atoms with E-state index < -0.39 is 5.60 Å². The maximum atomic E-state index is 13.3. The summed E-state index contributed by atoms with van der Waals surface area (Å²) in [5.74, 6) is 0.153. The van der Waals surface area contributed by atoms with Crippen molar-refractivity contribution >= 4 is 11.9 Å². The van der Waals surface area contributed by atoms with Gasteiger partial charge in [-0.25, -0.2) is 4.79 Å². The van der Waals surface area contributed by atoms with Crippen molar-refractivity contribution in [1.29, 1.82) is 0 Å². The van der Waals surface area contributed by atoms with Crippen molar-refractivity contribution in [3.63, 3.8) is 0 Å². The number of likely N-dealkylation sites (tertiary alicyclic amines) is 1. The van der Waals surface area contributed by atoms with Crippen LogP contribution in [0.3, 0.4) is 0 Å².